The Labute approximate surface area is 135 Å². The molecule has 0 atom stereocenters. The number of nitrogens with two attached hydrogens (primary N) is 1. The molecule has 0 bridgehead atoms. The summed E-state index contributed by atoms with van der Waals surface area (Å²) in [7, 11) is 0. The van der Waals surface area contributed by atoms with Gasteiger partial charge in [-0.3, -0.25) is 5.10 Å². The number of hydrogen-bond acceptors (Lipinski definition) is 6. The summed E-state index contributed by atoms with van der Waals surface area (Å²) in [6.07, 6.45) is 5.32. The van der Waals surface area contributed by atoms with Crippen molar-refractivity contribution < 1.29 is 4.42 Å². The summed E-state index contributed by atoms with van der Waals surface area (Å²) in [5.74, 6) is 0. The van der Waals surface area contributed by atoms with Crippen molar-refractivity contribution in [1.82, 2.24) is 29.8 Å². The van der Waals surface area contributed by atoms with E-state index in [9.17, 15) is 0 Å². The van der Waals surface area contributed by atoms with Crippen LogP contribution in [0.3, 0.4) is 0 Å². The second-order valence-electron chi connectivity index (χ2n) is 5.35. The highest BCUT2D eigenvalue weighted by molar-refractivity contribution is 5.80. The van der Waals surface area contributed by atoms with Crippen molar-refractivity contribution in [3.05, 3.63) is 48.9 Å². The Bertz CT molecular complexity index is 1170. The van der Waals surface area contributed by atoms with Gasteiger partial charge in [0.25, 0.3) is 6.01 Å². The fourth-order valence-corrected chi connectivity index (χ4v) is 2.72. The predicted octanol–water partition coefficient (Wildman–Crippen LogP) is 2.51. The van der Waals surface area contributed by atoms with Crippen LogP contribution in [0, 0.1) is 0 Å². The van der Waals surface area contributed by atoms with Gasteiger partial charge in [-0.1, -0.05) is 0 Å². The zero-order valence-electron chi connectivity index (χ0n) is 12.3. The molecule has 8 nitrogen and oxygen atoms in total. The Morgan fingerprint density at radius 1 is 1.08 bits per heavy atom. The van der Waals surface area contributed by atoms with Gasteiger partial charge in [-0.15, -0.1) is 0 Å². The summed E-state index contributed by atoms with van der Waals surface area (Å²) in [5, 5.41) is 11.5. The van der Waals surface area contributed by atoms with Gasteiger partial charge in [-0.2, -0.15) is 15.2 Å². The maximum atomic E-state index is 5.60. The molecule has 0 radical (unpaired) electrons. The summed E-state index contributed by atoms with van der Waals surface area (Å²) in [5.41, 5.74) is 11.2. The van der Waals surface area contributed by atoms with Crippen LogP contribution in [0.25, 0.3) is 39.3 Å². The number of imidazole rings is 1. The van der Waals surface area contributed by atoms with Crippen molar-refractivity contribution in [2.75, 3.05) is 5.73 Å². The number of fused-ring (bicyclic) bond motifs is 2. The maximum Gasteiger partial charge on any atom is 0.292 e. The molecular formula is C16H11N7O. The number of oxazole rings is 1. The molecule has 116 valence electrons. The Balaban J connectivity index is 1.69. The normalized spacial score (nSPS) is 11.5. The van der Waals surface area contributed by atoms with E-state index >= 15 is 0 Å². The number of nitrogens with zero attached hydrogens (tertiary/aromatic N) is 5. The molecule has 5 aromatic rings. The number of hydrogen-bond donors (Lipinski definition) is 2. The molecule has 0 spiro atoms. The quantitative estimate of drug-likeness (QED) is 0.517. The highest BCUT2D eigenvalue weighted by Gasteiger charge is 2.11. The third-order valence-corrected chi connectivity index (χ3v) is 3.86. The standard InChI is InChI=1S/C16H11N7O/c17-16-21-12-5-9(1-3-14(12)24-16)11-2-4-15-18-8-13(23(15)22-11)10-6-19-20-7-10/h1-8H,(H2,17,21)(H,19,20). The molecule has 3 N–H and O–H groups in total. The number of benzene rings is 1. The van der Waals surface area contributed by atoms with Gasteiger partial charge < -0.3 is 10.2 Å². The predicted molar refractivity (Wildman–Crippen MR) is 88.0 cm³/mol. The van der Waals surface area contributed by atoms with Crippen LogP contribution in [-0.4, -0.2) is 29.8 Å². The van der Waals surface area contributed by atoms with E-state index in [1.54, 1.807) is 16.9 Å². The Morgan fingerprint density at radius 3 is 2.92 bits per heavy atom. The lowest BCUT2D eigenvalue weighted by Crippen LogP contribution is -1.96. The molecular weight excluding hydrogens is 306 g/mol. The van der Waals surface area contributed by atoms with E-state index in [-0.39, 0.29) is 6.01 Å². The minimum Gasteiger partial charge on any atom is -0.424 e. The van der Waals surface area contributed by atoms with E-state index in [0.717, 1.165) is 28.2 Å². The van der Waals surface area contributed by atoms with Gasteiger partial charge in [0.1, 0.15) is 5.52 Å². The second-order valence-corrected chi connectivity index (χ2v) is 5.35. The largest absolute Gasteiger partial charge is 0.424 e. The number of aromatic amines is 1. The van der Waals surface area contributed by atoms with Gasteiger partial charge in [0.15, 0.2) is 11.2 Å². The van der Waals surface area contributed by atoms with Crippen LogP contribution < -0.4 is 5.73 Å². The Hall–Kier alpha value is -3.68. The molecule has 0 aliphatic heterocycles. The summed E-state index contributed by atoms with van der Waals surface area (Å²) < 4.78 is 7.10. The monoisotopic (exact) mass is 317 g/mol. The zero-order valence-corrected chi connectivity index (χ0v) is 12.3. The molecule has 0 saturated carbocycles. The van der Waals surface area contributed by atoms with Crippen molar-refractivity contribution in [3.63, 3.8) is 0 Å². The van der Waals surface area contributed by atoms with Gasteiger partial charge in [-0.05, 0) is 30.3 Å². The number of nitrogens with one attached hydrogen (secondary N) is 1. The van der Waals surface area contributed by atoms with Crippen LogP contribution in [0.4, 0.5) is 6.01 Å². The average Bonchev–Trinajstić information content (AvgIpc) is 3.31. The van der Waals surface area contributed by atoms with Gasteiger partial charge in [0, 0.05) is 17.3 Å². The summed E-state index contributed by atoms with van der Waals surface area (Å²) in [6.45, 7) is 0. The van der Waals surface area contributed by atoms with Crippen molar-refractivity contribution >= 4 is 22.8 Å². The first-order valence-corrected chi connectivity index (χ1v) is 7.28. The highest BCUT2D eigenvalue weighted by atomic mass is 16.4. The van der Waals surface area contributed by atoms with E-state index in [0.29, 0.717) is 11.1 Å². The summed E-state index contributed by atoms with van der Waals surface area (Å²) in [6, 6.07) is 9.67. The molecule has 0 unspecified atom stereocenters. The number of H-pyrrole nitrogens is 1. The lowest BCUT2D eigenvalue weighted by Gasteiger charge is -2.03. The van der Waals surface area contributed by atoms with Gasteiger partial charge in [0.2, 0.25) is 0 Å². The first-order chi connectivity index (χ1) is 11.8. The Kier molecular flexibility index (Phi) is 2.49. The molecule has 24 heavy (non-hydrogen) atoms. The molecule has 0 aliphatic rings. The second kappa shape index (κ2) is 4.66. The third kappa shape index (κ3) is 1.86. The molecule has 5 rings (SSSR count). The number of rotatable bonds is 2. The fraction of sp³-hybridized carbons (Fsp3) is 0. The molecule has 8 heteroatoms. The van der Waals surface area contributed by atoms with Crippen LogP contribution in [-0.2, 0) is 0 Å². The van der Waals surface area contributed by atoms with E-state index in [1.165, 1.54) is 0 Å². The SMILES string of the molecule is Nc1nc2cc(-c3ccc4ncc(-c5cn[nH]c5)n4n3)ccc2o1. The molecule has 1 aromatic carbocycles. The highest BCUT2D eigenvalue weighted by Crippen LogP contribution is 2.25. The Morgan fingerprint density at radius 2 is 2.04 bits per heavy atom. The minimum atomic E-state index is 0.155. The lowest BCUT2D eigenvalue weighted by atomic mass is 10.1. The number of nitrogen functional groups attached to an aromatic ring is 1. The van der Waals surface area contributed by atoms with E-state index in [1.807, 2.05) is 36.5 Å². The topological polar surface area (TPSA) is 111 Å². The molecule has 4 heterocycles. The number of anilines is 1. The fourth-order valence-electron chi connectivity index (χ4n) is 2.72. The van der Waals surface area contributed by atoms with Crippen LogP contribution in [0.5, 0.6) is 0 Å². The van der Waals surface area contributed by atoms with Crippen LogP contribution in [0.2, 0.25) is 0 Å². The molecule has 0 aliphatic carbocycles. The van der Waals surface area contributed by atoms with Crippen molar-refractivity contribution in [3.8, 4) is 22.5 Å². The van der Waals surface area contributed by atoms with E-state index < -0.39 is 0 Å². The maximum absolute atomic E-state index is 5.60. The van der Waals surface area contributed by atoms with Crippen LogP contribution in [0.15, 0.2) is 53.3 Å². The minimum absolute atomic E-state index is 0.155. The van der Waals surface area contributed by atoms with Crippen molar-refractivity contribution in [1.29, 1.82) is 0 Å². The molecule has 0 saturated heterocycles. The first-order valence-electron chi connectivity index (χ1n) is 7.28. The smallest absolute Gasteiger partial charge is 0.292 e. The summed E-state index contributed by atoms with van der Waals surface area (Å²) >= 11 is 0. The zero-order chi connectivity index (χ0) is 16.1. The lowest BCUT2D eigenvalue weighted by molar-refractivity contribution is 0.626. The van der Waals surface area contributed by atoms with Crippen LogP contribution in [0.1, 0.15) is 0 Å². The van der Waals surface area contributed by atoms with E-state index in [4.69, 9.17) is 15.2 Å². The first kappa shape index (κ1) is 12.8. The van der Waals surface area contributed by atoms with Gasteiger partial charge in [0.05, 0.1) is 23.8 Å². The molecule has 0 fully saturated rings. The van der Waals surface area contributed by atoms with Crippen LogP contribution >= 0.6 is 0 Å². The average molecular weight is 317 g/mol. The third-order valence-electron chi connectivity index (χ3n) is 3.86. The number of aromatic nitrogens is 6. The molecule has 0 amide bonds. The summed E-state index contributed by atoms with van der Waals surface area (Å²) in [4.78, 5) is 8.54. The van der Waals surface area contributed by atoms with Crippen molar-refractivity contribution in [2.24, 2.45) is 0 Å². The van der Waals surface area contributed by atoms with Gasteiger partial charge in [-0.25, -0.2) is 9.50 Å². The molecule has 4 aromatic heterocycles. The van der Waals surface area contributed by atoms with Crippen molar-refractivity contribution in [2.45, 2.75) is 0 Å². The van der Waals surface area contributed by atoms with Gasteiger partial charge >= 0.3 is 0 Å². The van der Waals surface area contributed by atoms with E-state index in [2.05, 4.69) is 20.2 Å².